The number of rotatable bonds is 4. The van der Waals surface area contributed by atoms with Crippen LogP contribution in [0.5, 0.6) is 0 Å². The maximum absolute atomic E-state index is 13.1. The SMILES string of the molecule is CNC(c1cccc(Cl)c1)C(C)(C)c1ccc(F)cc1. The number of halogens is 2. The second-order valence-electron chi connectivity index (χ2n) is 5.51. The smallest absolute Gasteiger partial charge is 0.123 e. The van der Waals surface area contributed by atoms with Crippen LogP contribution in [-0.4, -0.2) is 7.05 Å². The molecule has 1 nitrogen and oxygen atoms in total. The number of benzene rings is 2. The fourth-order valence-electron chi connectivity index (χ4n) is 2.68. The molecule has 1 N–H and O–H groups in total. The van der Waals surface area contributed by atoms with Crippen molar-refractivity contribution in [3.8, 4) is 0 Å². The average molecular weight is 292 g/mol. The lowest BCUT2D eigenvalue weighted by Gasteiger charge is -2.35. The molecular formula is C17H19ClFN. The molecule has 2 aromatic rings. The van der Waals surface area contributed by atoms with Gasteiger partial charge >= 0.3 is 0 Å². The molecule has 0 spiro atoms. The second kappa shape index (κ2) is 5.94. The first-order valence-corrected chi connectivity index (χ1v) is 7.01. The summed E-state index contributed by atoms with van der Waals surface area (Å²) in [6.07, 6.45) is 0. The molecule has 0 saturated heterocycles. The number of hydrogen-bond acceptors (Lipinski definition) is 1. The van der Waals surface area contributed by atoms with E-state index in [1.807, 2.05) is 37.4 Å². The molecule has 0 saturated carbocycles. The van der Waals surface area contributed by atoms with Crippen LogP contribution in [0, 0.1) is 5.82 Å². The molecule has 0 amide bonds. The summed E-state index contributed by atoms with van der Waals surface area (Å²) in [4.78, 5) is 0. The Morgan fingerprint density at radius 3 is 2.30 bits per heavy atom. The first-order chi connectivity index (χ1) is 9.45. The van der Waals surface area contributed by atoms with Crippen molar-refractivity contribution in [2.45, 2.75) is 25.3 Å². The normalized spacial score (nSPS) is 13.2. The lowest BCUT2D eigenvalue weighted by atomic mass is 9.75. The van der Waals surface area contributed by atoms with Crippen LogP contribution in [0.4, 0.5) is 4.39 Å². The molecule has 1 atom stereocenters. The van der Waals surface area contributed by atoms with Crippen molar-refractivity contribution in [3.05, 3.63) is 70.5 Å². The van der Waals surface area contributed by atoms with Crippen LogP contribution in [0.3, 0.4) is 0 Å². The Morgan fingerprint density at radius 2 is 1.75 bits per heavy atom. The quantitative estimate of drug-likeness (QED) is 0.859. The van der Waals surface area contributed by atoms with Gasteiger partial charge in [-0.05, 0) is 42.4 Å². The van der Waals surface area contributed by atoms with Gasteiger partial charge in [-0.2, -0.15) is 0 Å². The van der Waals surface area contributed by atoms with Crippen molar-refractivity contribution < 1.29 is 4.39 Å². The first kappa shape index (κ1) is 15.0. The van der Waals surface area contributed by atoms with Gasteiger partial charge in [0.1, 0.15) is 5.82 Å². The van der Waals surface area contributed by atoms with Crippen molar-refractivity contribution in [3.63, 3.8) is 0 Å². The van der Waals surface area contributed by atoms with E-state index in [4.69, 9.17) is 11.6 Å². The van der Waals surface area contributed by atoms with Gasteiger partial charge in [0.15, 0.2) is 0 Å². The van der Waals surface area contributed by atoms with Crippen molar-refractivity contribution in [1.29, 1.82) is 0 Å². The van der Waals surface area contributed by atoms with E-state index in [2.05, 4.69) is 25.2 Å². The summed E-state index contributed by atoms with van der Waals surface area (Å²) < 4.78 is 13.1. The van der Waals surface area contributed by atoms with Gasteiger partial charge in [-0.25, -0.2) is 4.39 Å². The number of likely N-dealkylation sites (N-methyl/N-ethyl adjacent to an activating group) is 1. The highest BCUT2D eigenvalue weighted by atomic mass is 35.5. The van der Waals surface area contributed by atoms with Crippen LogP contribution in [0.2, 0.25) is 5.02 Å². The molecular weight excluding hydrogens is 273 g/mol. The number of nitrogens with one attached hydrogen (secondary N) is 1. The Labute approximate surface area is 124 Å². The zero-order valence-corrected chi connectivity index (χ0v) is 12.7. The molecule has 0 aliphatic heterocycles. The van der Waals surface area contributed by atoms with Gasteiger partial charge in [0, 0.05) is 16.5 Å². The predicted octanol–water partition coefficient (Wildman–Crippen LogP) is 4.72. The summed E-state index contributed by atoms with van der Waals surface area (Å²) in [6.45, 7) is 4.28. The van der Waals surface area contributed by atoms with Crippen molar-refractivity contribution in [1.82, 2.24) is 5.32 Å². The molecule has 1 unspecified atom stereocenters. The van der Waals surface area contributed by atoms with Crippen LogP contribution in [0.25, 0.3) is 0 Å². The molecule has 0 aliphatic carbocycles. The fourth-order valence-corrected chi connectivity index (χ4v) is 2.88. The summed E-state index contributed by atoms with van der Waals surface area (Å²) in [6, 6.07) is 14.6. The van der Waals surface area contributed by atoms with Crippen molar-refractivity contribution in [2.24, 2.45) is 0 Å². The van der Waals surface area contributed by atoms with Gasteiger partial charge in [0.05, 0.1) is 0 Å². The third-order valence-corrected chi connectivity index (χ3v) is 4.02. The molecule has 3 heteroatoms. The van der Waals surface area contributed by atoms with Crippen molar-refractivity contribution in [2.75, 3.05) is 7.05 Å². The van der Waals surface area contributed by atoms with Gasteiger partial charge < -0.3 is 5.32 Å². The largest absolute Gasteiger partial charge is 0.312 e. The Balaban J connectivity index is 2.41. The van der Waals surface area contributed by atoms with E-state index < -0.39 is 0 Å². The zero-order valence-electron chi connectivity index (χ0n) is 12.0. The topological polar surface area (TPSA) is 12.0 Å². The van der Waals surface area contributed by atoms with Crippen LogP contribution < -0.4 is 5.32 Å². The van der Waals surface area contributed by atoms with Gasteiger partial charge in [-0.3, -0.25) is 0 Å². The molecule has 0 aromatic heterocycles. The highest BCUT2D eigenvalue weighted by Crippen LogP contribution is 2.37. The molecule has 0 radical (unpaired) electrons. The highest BCUT2D eigenvalue weighted by Gasteiger charge is 2.31. The minimum Gasteiger partial charge on any atom is -0.312 e. The summed E-state index contributed by atoms with van der Waals surface area (Å²) in [5, 5.41) is 4.07. The van der Waals surface area contributed by atoms with Gasteiger partial charge in [-0.15, -0.1) is 0 Å². The van der Waals surface area contributed by atoms with Gasteiger partial charge in [0.25, 0.3) is 0 Å². The van der Waals surface area contributed by atoms with E-state index >= 15 is 0 Å². The maximum Gasteiger partial charge on any atom is 0.123 e. The minimum absolute atomic E-state index is 0.0895. The first-order valence-electron chi connectivity index (χ1n) is 6.64. The van der Waals surface area contributed by atoms with E-state index in [-0.39, 0.29) is 17.3 Å². The zero-order chi connectivity index (χ0) is 14.8. The van der Waals surface area contributed by atoms with Gasteiger partial charge in [-0.1, -0.05) is 49.7 Å². The third kappa shape index (κ3) is 3.02. The Kier molecular flexibility index (Phi) is 4.46. The van der Waals surface area contributed by atoms with Gasteiger partial charge in [0.2, 0.25) is 0 Å². The molecule has 2 aromatic carbocycles. The van der Waals surface area contributed by atoms with Crippen molar-refractivity contribution >= 4 is 11.6 Å². The third-order valence-electron chi connectivity index (χ3n) is 3.78. The summed E-state index contributed by atoms with van der Waals surface area (Å²) >= 11 is 6.09. The van der Waals surface area contributed by atoms with Crippen LogP contribution in [-0.2, 0) is 5.41 Å². The predicted molar refractivity (Wildman–Crippen MR) is 82.7 cm³/mol. The van der Waals surface area contributed by atoms with E-state index in [0.717, 1.165) is 16.1 Å². The number of hydrogen-bond donors (Lipinski definition) is 1. The average Bonchev–Trinajstić information content (AvgIpc) is 2.40. The Bertz CT molecular complexity index is 578. The lowest BCUT2D eigenvalue weighted by molar-refractivity contribution is 0.368. The molecule has 106 valence electrons. The standard InChI is InChI=1S/C17H19ClFN/c1-17(2,13-7-9-15(19)10-8-13)16(20-3)12-5-4-6-14(18)11-12/h4-11,16,20H,1-3H3. The molecule has 0 aliphatic rings. The second-order valence-corrected chi connectivity index (χ2v) is 5.94. The minimum atomic E-state index is -0.215. The Hall–Kier alpha value is -1.38. The van der Waals surface area contributed by atoms with Crippen LogP contribution >= 0.6 is 11.6 Å². The van der Waals surface area contributed by atoms with Crippen LogP contribution in [0.15, 0.2) is 48.5 Å². The molecule has 0 fully saturated rings. The molecule has 0 bridgehead atoms. The molecule has 0 heterocycles. The summed E-state index contributed by atoms with van der Waals surface area (Å²) in [7, 11) is 1.93. The monoisotopic (exact) mass is 291 g/mol. The molecule has 2 rings (SSSR count). The highest BCUT2D eigenvalue weighted by molar-refractivity contribution is 6.30. The van der Waals surface area contributed by atoms with E-state index in [9.17, 15) is 4.39 Å². The van der Waals surface area contributed by atoms with Crippen LogP contribution in [0.1, 0.15) is 31.0 Å². The van der Waals surface area contributed by atoms with E-state index in [1.165, 1.54) is 12.1 Å². The summed E-state index contributed by atoms with van der Waals surface area (Å²) in [5.41, 5.74) is 2.01. The summed E-state index contributed by atoms with van der Waals surface area (Å²) in [5.74, 6) is -0.215. The lowest BCUT2D eigenvalue weighted by Crippen LogP contribution is -2.35. The van der Waals surface area contributed by atoms with E-state index in [0.29, 0.717) is 0 Å². The maximum atomic E-state index is 13.1. The fraction of sp³-hybridized carbons (Fsp3) is 0.294. The molecule has 20 heavy (non-hydrogen) atoms. The van der Waals surface area contributed by atoms with E-state index in [1.54, 1.807) is 0 Å². The Morgan fingerprint density at radius 1 is 1.10 bits per heavy atom.